The second-order valence-corrected chi connectivity index (χ2v) is 5.24. The zero-order valence-corrected chi connectivity index (χ0v) is 11.9. The van der Waals surface area contributed by atoms with E-state index < -0.39 is 0 Å². The molecule has 4 heteroatoms. The molecule has 0 atom stereocenters. The van der Waals surface area contributed by atoms with Gasteiger partial charge < -0.3 is 9.64 Å². The zero-order valence-electron chi connectivity index (χ0n) is 11.9. The highest BCUT2D eigenvalue weighted by Crippen LogP contribution is 2.38. The van der Waals surface area contributed by atoms with Crippen molar-refractivity contribution >= 4 is 11.5 Å². The molecular formula is C15H19N3O. The van der Waals surface area contributed by atoms with Crippen molar-refractivity contribution in [3.63, 3.8) is 0 Å². The summed E-state index contributed by atoms with van der Waals surface area (Å²) in [4.78, 5) is 2.27. The van der Waals surface area contributed by atoms with Crippen molar-refractivity contribution in [2.75, 3.05) is 18.1 Å². The number of aromatic nitrogens is 2. The molecule has 0 saturated carbocycles. The largest absolute Gasteiger partial charge is 0.486 e. The van der Waals surface area contributed by atoms with Crippen molar-refractivity contribution in [3.05, 3.63) is 35.0 Å². The van der Waals surface area contributed by atoms with E-state index in [0.29, 0.717) is 6.61 Å². The maximum Gasteiger partial charge on any atom is 0.197 e. The van der Waals surface area contributed by atoms with Crippen LogP contribution in [0, 0.1) is 20.8 Å². The first kappa shape index (κ1) is 12.1. The number of nitrogens with zero attached hydrogens (tertiary/aromatic N) is 3. The van der Waals surface area contributed by atoms with Crippen molar-refractivity contribution < 1.29 is 4.74 Å². The highest BCUT2D eigenvalue weighted by molar-refractivity contribution is 5.72. The Kier molecular flexibility index (Phi) is 2.73. The summed E-state index contributed by atoms with van der Waals surface area (Å²) in [5.74, 6) is 1.79. The minimum atomic E-state index is 0.700. The Balaban J connectivity index is 2.14. The molecule has 0 fully saturated rings. The molecule has 0 aliphatic carbocycles. The van der Waals surface area contributed by atoms with E-state index in [1.54, 1.807) is 0 Å². The monoisotopic (exact) mass is 257 g/mol. The van der Waals surface area contributed by atoms with Crippen LogP contribution in [-0.4, -0.2) is 22.9 Å². The van der Waals surface area contributed by atoms with E-state index >= 15 is 0 Å². The van der Waals surface area contributed by atoms with Gasteiger partial charge in [0.25, 0.3) is 0 Å². The van der Waals surface area contributed by atoms with Crippen LogP contribution in [0.15, 0.2) is 18.3 Å². The molecule has 2 aromatic rings. The van der Waals surface area contributed by atoms with Crippen molar-refractivity contribution in [1.82, 2.24) is 9.78 Å². The second-order valence-electron chi connectivity index (χ2n) is 5.24. The first-order chi connectivity index (χ1) is 9.06. The van der Waals surface area contributed by atoms with E-state index in [4.69, 9.17) is 4.74 Å². The van der Waals surface area contributed by atoms with Gasteiger partial charge in [-0.1, -0.05) is 17.7 Å². The maximum absolute atomic E-state index is 5.67. The number of hydrogen-bond acceptors (Lipinski definition) is 3. The normalized spacial score (nSPS) is 14.2. The average Bonchev–Trinajstić information content (AvgIpc) is 2.68. The molecule has 2 heterocycles. The topological polar surface area (TPSA) is 30.3 Å². The summed E-state index contributed by atoms with van der Waals surface area (Å²) in [5.41, 5.74) is 5.13. The smallest absolute Gasteiger partial charge is 0.197 e. The molecule has 1 aromatic carbocycles. The molecular weight excluding hydrogens is 238 g/mol. The van der Waals surface area contributed by atoms with E-state index in [9.17, 15) is 0 Å². The van der Waals surface area contributed by atoms with E-state index in [1.807, 2.05) is 17.9 Å². The predicted octanol–water partition coefficient (Wildman–Crippen LogP) is 2.88. The van der Waals surface area contributed by atoms with Gasteiger partial charge in [-0.05, 0) is 31.9 Å². The summed E-state index contributed by atoms with van der Waals surface area (Å²) < 4.78 is 7.48. The van der Waals surface area contributed by atoms with Crippen LogP contribution < -0.4 is 9.64 Å². The van der Waals surface area contributed by atoms with Crippen molar-refractivity contribution in [1.29, 1.82) is 0 Å². The Labute approximate surface area is 113 Å². The maximum atomic E-state index is 5.67. The molecule has 0 spiro atoms. The van der Waals surface area contributed by atoms with E-state index in [2.05, 4.69) is 42.9 Å². The van der Waals surface area contributed by atoms with Crippen molar-refractivity contribution in [2.45, 2.75) is 20.8 Å². The Hall–Kier alpha value is -1.97. The summed E-state index contributed by atoms with van der Waals surface area (Å²) in [7, 11) is 1.93. The van der Waals surface area contributed by atoms with Crippen LogP contribution in [-0.2, 0) is 7.05 Å². The third-order valence-corrected chi connectivity index (χ3v) is 3.51. The van der Waals surface area contributed by atoms with Gasteiger partial charge in [-0.3, -0.25) is 4.68 Å². The lowest BCUT2D eigenvalue weighted by Crippen LogP contribution is -2.29. The lowest BCUT2D eigenvalue weighted by atomic mass is 10.0. The number of anilines is 2. The third kappa shape index (κ3) is 1.97. The van der Waals surface area contributed by atoms with Gasteiger partial charge in [0.05, 0.1) is 12.7 Å². The van der Waals surface area contributed by atoms with Crippen LogP contribution in [0.4, 0.5) is 11.5 Å². The molecule has 0 N–H and O–H groups in total. The molecule has 0 bridgehead atoms. The van der Waals surface area contributed by atoms with Crippen LogP contribution in [0.1, 0.15) is 16.7 Å². The molecule has 4 nitrogen and oxygen atoms in total. The molecule has 1 aliphatic rings. The molecule has 0 unspecified atom stereocenters. The lowest BCUT2D eigenvalue weighted by molar-refractivity contribution is 0.314. The second kappa shape index (κ2) is 4.30. The summed E-state index contributed by atoms with van der Waals surface area (Å²) in [6.07, 6.45) is 1.93. The number of rotatable bonds is 1. The fraction of sp³-hybridized carbons (Fsp3) is 0.400. The van der Waals surface area contributed by atoms with Crippen LogP contribution in [0.3, 0.4) is 0 Å². The van der Waals surface area contributed by atoms with Crippen molar-refractivity contribution in [2.24, 2.45) is 7.05 Å². The summed E-state index contributed by atoms with van der Waals surface area (Å²) in [6.45, 7) is 8.00. The van der Waals surface area contributed by atoms with Gasteiger partial charge in [-0.15, -0.1) is 0 Å². The first-order valence-electron chi connectivity index (χ1n) is 6.58. The highest BCUT2D eigenvalue weighted by Gasteiger charge is 2.25. The van der Waals surface area contributed by atoms with Gasteiger partial charge in [0.2, 0.25) is 0 Å². The molecule has 19 heavy (non-hydrogen) atoms. The molecule has 0 saturated heterocycles. The SMILES string of the molecule is Cc1cc(C)c(N2CCOc3cn(C)nc32)c(C)c1. The summed E-state index contributed by atoms with van der Waals surface area (Å²) in [6, 6.07) is 4.45. The molecule has 0 radical (unpaired) electrons. The molecule has 1 aliphatic heterocycles. The van der Waals surface area contributed by atoms with E-state index in [-0.39, 0.29) is 0 Å². The van der Waals surface area contributed by atoms with Gasteiger partial charge in [0.1, 0.15) is 6.61 Å². The Morgan fingerprint density at radius 2 is 1.84 bits per heavy atom. The lowest BCUT2D eigenvalue weighted by Gasteiger charge is -2.30. The quantitative estimate of drug-likeness (QED) is 0.787. The van der Waals surface area contributed by atoms with E-state index in [0.717, 1.165) is 18.1 Å². The third-order valence-electron chi connectivity index (χ3n) is 3.51. The number of ether oxygens (including phenoxy) is 1. The number of benzene rings is 1. The molecule has 100 valence electrons. The van der Waals surface area contributed by atoms with Crippen molar-refractivity contribution in [3.8, 4) is 5.75 Å². The molecule has 1 aromatic heterocycles. The predicted molar refractivity (Wildman–Crippen MR) is 76.4 cm³/mol. The Morgan fingerprint density at radius 3 is 2.53 bits per heavy atom. The minimum absolute atomic E-state index is 0.700. The van der Waals surface area contributed by atoms with Crippen LogP contribution in [0.25, 0.3) is 0 Å². The van der Waals surface area contributed by atoms with Gasteiger partial charge in [0.15, 0.2) is 11.6 Å². The molecule has 0 amide bonds. The fourth-order valence-electron chi connectivity index (χ4n) is 2.91. The van der Waals surface area contributed by atoms with Gasteiger partial charge >= 0.3 is 0 Å². The Bertz CT molecular complexity index is 607. The number of aryl methyl sites for hydroxylation is 4. The van der Waals surface area contributed by atoms with Gasteiger partial charge in [0, 0.05) is 12.7 Å². The van der Waals surface area contributed by atoms with E-state index in [1.165, 1.54) is 22.4 Å². The fourth-order valence-corrected chi connectivity index (χ4v) is 2.91. The summed E-state index contributed by atoms with van der Waals surface area (Å²) >= 11 is 0. The molecule has 3 rings (SSSR count). The zero-order chi connectivity index (χ0) is 13.6. The minimum Gasteiger partial charge on any atom is -0.486 e. The Morgan fingerprint density at radius 1 is 1.16 bits per heavy atom. The van der Waals surface area contributed by atoms with Gasteiger partial charge in [-0.25, -0.2) is 0 Å². The van der Waals surface area contributed by atoms with Gasteiger partial charge in [-0.2, -0.15) is 5.10 Å². The van der Waals surface area contributed by atoms with Crippen LogP contribution in [0.2, 0.25) is 0 Å². The number of fused-ring (bicyclic) bond motifs is 1. The van der Waals surface area contributed by atoms with Crippen LogP contribution >= 0.6 is 0 Å². The summed E-state index contributed by atoms with van der Waals surface area (Å²) in [5, 5.41) is 4.53. The standard InChI is InChI=1S/C15H19N3O/c1-10-7-11(2)14(12(3)8-10)18-5-6-19-13-9-17(4)16-15(13)18/h7-9H,5-6H2,1-4H3. The van der Waals surface area contributed by atoms with Crippen LogP contribution in [0.5, 0.6) is 5.75 Å². The average molecular weight is 257 g/mol. The number of hydrogen-bond donors (Lipinski definition) is 0. The highest BCUT2D eigenvalue weighted by atomic mass is 16.5. The first-order valence-corrected chi connectivity index (χ1v) is 6.58.